The lowest BCUT2D eigenvalue weighted by Crippen LogP contribution is -2.52. The van der Waals surface area contributed by atoms with Gasteiger partial charge in [-0.2, -0.15) is 0 Å². The Labute approximate surface area is 164 Å². The summed E-state index contributed by atoms with van der Waals surface area (Å²) < 4.78 is 11.5. The standard InChI is InChI=1S/C22H25NO5/c1-15-7-6-8-17(13-15)27-12-5-4-11-23-18-10-9-16(20(24)25)14-19(18)28-22(2,3)21(23)26/h6-10,13-14H,4-5,11-12H2,1-3H3,(H,24,25). The number of carbonyl (C=O) groups is 2. The average Bonchev–Trinajstić information content (AvgIpc) is 2.63. The maximum absolute atomic E-state index is 12.8. The molecule has 6 heteroatoms. The molecule has 0 atom stereocenters. The summed E-state index contributed by atoms with van der Waals surface area (Å²) in [6, 6.07) is 12.5. The third-order valence-electron chi connectivity index (χ3n) is 4.66. The van der Waals surface area contributed by atoms with Crippen molar-refractivity contribution in [1.29, 1.82) is 0 Å². The van der Waals surface area contributed by atoms with Gasteiger partial charge in [-0.25, -0.2) is 4.79 Å². The minimum Gasteiger partial charge on any atom is -0.494 e. The van der Waals surface area contributed by atoms with Crippen LogP contribution in [0.5, 0.6) is 11.5 Å². The number of unbranched alkanes of at least 4 members (excludes halogenated alkanes) is 1. The van der Waals surface area contributed by atoms with Crippen LogP contribution in [-0.2, 0) is 4.79 Å². The Balaban J connectivity index is 1.64. The number of carbonyl (C=O) groups excluding carboxylic acids is 1. The van der Waals surface area contributed by atoms with Gasteiger partial charge in [0.25, 0.3) is 5.91 Å². The van der Waals surface area contributed by atoms with E-state index in [0.29, 0.717) is 24.6 Å². The van der Waals surface area contributed by atoms with E-state index >= 15 is 0 Å². The van der Waals surface area contributed by atoms with Crippen LogP contribution in [0.1, 0.15) is 42.6 Å². The van der Waals surface area contributed by atoms with Crippen LogP contribution in [0.15, 0.2) is 42.5 Å². The van der Waals surface area contributed by atoms with E-state index in [1.54, 1.807) is 24.8 Å². The number of hydrogen-bond donors (Lipinski definition) is 1. The molecule has 0 aromatic heterocycles. The van der Waals surface area contributed by atoms with Gasteiger partial charge in [0, 0.05) is 6.54 Å². The molecule has 0 aliphatic carbocycles. The molecule has 148 valence electrons. The van der Waals surface area contributed by atoms with Crippen LogP contribution in [0.2, 0.25) is 0 Å². The van der Waals surface area contributed by atoms with Gasteiger partial charge in [-0.05, 0) is 69.5 Å². The highest BCUT2D eigenvalue weighted by atomic mass is 16.5. The summed E-state index contributed by atoms with van der Waals surface area (Å²) in [5.74, 6) is 0.0965. The quantitative estimate of drug-likeness (QED) is 0.730. The van der Waals surface area contributed by atoms with Gasteiger partial charge in [-0.15, -0.1) is 0 Å². The number of anilines is 1. The molecule has 1 amide bonds. The van der Waals surface area contributed by atoms with Crippen LogP contribution in [0, 0.1) is 6.92 Å². The maximum Gasteiger partial charge on any atom is 0.335 e. The van der Waals surface area contributed by atoms with Crippen LogP contribution >= 0.6 is 0 Å². The summed E-state index contributed by atoms with van der Waals surface area (Å²) >= 11 is 0. The third-order valence-corrected chi connectivity index (χ3v) is 4.66. The summed E-state index contributed by atoms with van der Waals surface area (Å²) in [6.07, 6.45) is 1.55. The number of aromatic carboxylic acids is 1. The van der Waals surface area contributed by atoms with E-state index < -0.39 is 11.6 Å². The molecule has 3 rings (SSSR count). The normalized spacial score (nSPS) is 15.0. The van der Waals surface area contributed by atoms with E-state index in [1.807, 2.05) is 31.2 Å². The smallest absolute Gasteiger partial charge is 0.335 e. The molecule has 2 aromatic carbocycles. The van der Waals surface area contributed by atoms with Gasteiger partial charge < -0.3 is 19.5 Å². The van der Waals surface area contributed by atoms with Crippen molar-refractivity contribution >= 4 is 17.6 Å². The monoisotopic (exact) mass is 383 g/mol. The highest BCUT2D eigenvalue weighted by molar-refractivity contribution is 6.03. The second-order valence-corrected chi connectivity index (χ2v) is 7.43. The highest BCUT2D eigenvalue weighted by Crippen LogP contribution is 2.38. The second kappa shape index (κ2) is 7.92. The number of carboxylic acids is 1. The van der Waals surface area contributed by atoms with Gasteiger partial charge >= 0.3 is 5.97 Å². The summed E-state index contributed by atoms with van der Waals surface area (Å²) in [5.41, 5.74) is 0.850. The molecule has 0 radical (unpaired) electrons. The first-order chi connectivity index (χ1) is 13.3. The van der Waals surface area contributed by atoms with Crippen molar-refractivity contribution in [3.05, 3.63) is 53.6 Å². The van der Waals surface area contributed by atoms with E-state index in [-0.39, 0.29) is 11.5 Å². The fourth-order valence-electron chi connectivity index (χ4n) is 3.19. The number of benzene rings is 2. The maximum atomic E-state index is 12.8. The van der Waals surface area contributed by atoms with Gasteiger partial charge in [0.05, 0.1) is 17.9 Å². The fourth-order valence-corrected chi connectivity index (χ4v) is 3.19. The predicted octanol–water partition coefficient (Wildman–Crippen LogP) is 4.06. The third kappa shape index (κ3) is 4.27. The minimum atomic E-state index is -1.04. The minimum absolute atomic E-state index is 0.135. The van der Waals surface area contributed by atoms with Crippen molar-refractivity contribution in [3.63, 3.8) is 0 Å². The van der Waals surface area contributed by atoms with Crippen LogP contribution in [0.3, 0.4) is 0 Å². The van der Waals surface area contributed by atoms with Crippen LogP contribution in [-0.4, -0.2) is 35.7 Å². The predicted molar refractivity (Wildman–Crippen MR) is 106 cm³/mol. The molecule has 0 fully saturated rings. The lowest BCUT2D eigenvalue weighted by molar-refractivity contribution is -0.132. The number of nitrogens with zero attached hydrogens (tertiary/aromatic N) is 1. The van der Waals surface area contributed by atoms with E-state index in [4.69, 9.17) is 9.47 Å². The molecule has 28 heavy (non-hydrogen) atoms. The fraction of sp³-hybridized carbons (Fsp3) is 0.364. The van der Waals surface area contributed by atoms with Crippen molar-refractivity contribution in [1.82, 2.24) is 0 Å². The van der Waals surface area contributed by atoms with Gasteiger partial charge in [0.2, 0.25) is 0 Å². The molecule has 2 aromatic rings. The van der Waals surface area contributed by atoms with Crippen LogP contribution < -0.4 is 14.4 Å². The van der Waals surface area contributed by atoms with Gasteiger partial charge in [-0.1, -0.05) is 12.1 Å². The van der Waals surface area contributed by atoms with Gasteiger partial charge in [-0.3, -0.25) is 4.79 Å². The molecule has 0 unspecified atom stereocenters. The van der Waals surface area contributed by atoms with E-state index in [2.05, 4.69) is 0 Å². The van der Waals surface area contributed by atoms with Crippen molar-refractivity contribution in [3.8, 4) is 11.5 Å². The average molecular weight is 383 g/mol. The number of hydrogen-bond acceptors (Lipinski definition) is 4. The molecule has 0 spiro atoms. The zero-order valence-electron chi connectivity index (χ0n) is 16.4. The van der Waals surface area contributed by atoms with E-state index in [1.165, 1.54) is 12.1 Å². The molecule has 1 aliphatic heterocycles. The van der Waals surface area contributed by atoms with E-state index in [9.17, 15) is 14.7 Å². The van der Waals surface area contributed by atoms with Crippen LogP contribution in [0.4, 0.5) is 5.69 Å². The number of amides is 1. The first-order valence-corrected chi connectivity index (χ1v) is 9.36. The summed E-state index contributed by atoms with van der Waals surface area (Å²) in [7, 11) is 0. The Hall–Kier alpha value is -3.02. The zero-order chi connectivity index (χ0) is 20.3. The first-order valence-electron chi connectivity index (χ1n) is 9.36. The van der Waals surface area contributed by atoms with Crippen molar-refractivity contribution in [2.45, 2.75) is 39.2 Å². The molecular formula is C22H25NO5. The lowest BCUT2D eigenvalue weighted by Gasteiger charge is -2.39. The molecular weight excluding hydrogens is 358 g/mol. The molecule has 0 saturated carbocycles. The molecule has 6 nitrogen and oxygen atoms in total. The van der Waals surface area contributed by atoms with Crippen molar-refractivity contribution in [2.75, 3.05) is 18.1 Å². The Bertz CT molecular complexity index is 890. The molecule has 0 saturated heterocycles. The number of fused-ring (bicyclic) bond motifs is 1. The Morgan fingerprint density at radius 3 is 2.68 bits per heavy atom. The van der Waals surface area contributed by atoms with Crippen molar-refractivity contribution in [2.24, 2.45) is 0 Å². The van der Waals surface area contributed by atoms with Crippen molar-refractivity contribution < 1.29 is 24.2 Å². The summed E-state index contributed by atoms with van der Waals surface area (Å²) in [6.45, 7) is 6.49. The summed E-state index contributed by atoms with van der Waals surface area (Å²) in [5, 5.41) is 9.20. The topological polar surface area (TPSA) is 76.1 Å². The van der Waals surface area contributed by atoms with E-state index in [0.717, 1.165) is 24.2 Å². The highest BCUT2D eigenvalue weighted by Gasteiger charge is 2.40. The molecule has 1 heterocycles. The number of rotatable bonds is 7. The number of carboxylic acid groups (broad SMARTS) is 1. The number of aryl methyl sites for hydroxylation is 1. The Kier molecular flexibility index (Phi) is 5.58. The lowest BCUT2D eigenvalue weighted by atomic mass is 10.0. The molecule has 0 bridgehead atoms. The van der Waals surface area contributed by atoms with Gasteiger partial charge in [0.1, 0.15) is 11.5 Å². The molecule has 1 N–H and O–H groups in total. The first kappa shape index (κ1) is 19.7. The SMILES string of the molecule is Cc1cccc(OCCCCN2C(=O)C(C)(C)Oc3cc(C(=O)O)ccc32)c1. The zero-order valence-corrected chi connectivity index (χ0v) is 16.4. The Morgan fingerprint density at radius 1 is 1.18 bits per heavy atom. The molecule has 1 aliphatic rings. The van der Waals surface area contributed by atoms with Crippen LogP contribution in [0.25, 0.3) is 0 Å². The summed E-state index contributed by atoms with van der Waals surface area (Å²) in [4.78, 5) is 25.7. The van der Waals surface area contributed by atoms with Gasteiger partial charge in [0.15, 0.2) is 5.60 Å². The number of ether oxygens (including phenoxy) is 2. The Morgan fingerprint density at radius 2 is 1.96 bits per heavy atom. The largest absolute Gasteiger partial charge is 0.494 e. The second-order valence-electron chi connectivity index (χ2n) is 7.43.